The van der Waals surface area contributed by atoms with Crippen molar-refractivity contribution >= 4 is 17.5 Å². The number of aromatic nitrogens is 6. The van der Waals surface area contributed by atoms with Gasteiger partial charge in [0.15, 0.2) is 0 Å². The SMILES string of the molecule is COc1ccc(-c2nnc(Sc3cc(C)nc4ncnn34)o2)cc1. The lowest BCUT2D eigenvalue weighted by Crippen LogP contribution is -1.97. The maximum absolute atomic E-state index is 5.73. The highest BCUT2D eigenvalue weighted by atomic mass is 32.2. The quantitative estimate of drug-likeness (QED) is 0.524. The first-order valence-corrected chi connectivity index (χ1v) is 7.88. The smallest absolute Gasteiger partial charge is 0.283 e. The van der Waals surface area contributed by atoms with Gasteiger partial charge in [-0.1, -0.05) is 0 Å². The van der Waals surface area contributed by atoms with Gasteiger partial charge in [0, 0.05) is 11.3 Å². The van der Waals surface area contributed by atoms with Crippen molar-refractivity contribution in [2.45, 2.75) is 17.2 Å². The molecule has 0 saturated carbocycles. The normalized spacial score (nSPS) is 11.1. The maximum atomic E-state index is 5.73. The Bertz CT molecular complexity index is 995. The standard InChI is InChI=1S/C15H12N6O2S/c1-9-7-12(21-14(18-9)16-8-17-21)24-15-20-19-13(23-15)10-3-5-11(22-2)6-4-10/h3-8H,1-2H3. The van der Waals surface area contributed by atoms with E-state index in [1.807, 2.05) is 37.3 Å². The van der Waals surface area contributed by atoms with Crippen molar-refractivity contribution in [1.82, 2.24) is 29.8 Å². The van der Waals surface area contributed by atoms with Gasteiger partial charge >= 0.3 is 0 Å². The van der Waals surface area contributed by atoms with Crippen LogP contribution in [-0.2, 0) is 0 Å². The molecule has 0 bridgehead atoms. The van der Waals surface area contributed by atoms with E-state index in [2.05, 4.69) is 25.3 Å². The van der Waals surface area contributed by atoms with Crippen LogP contribution >= 0.6 is 11.8 Å². The van der Waals surface area contributed by atoms with E-state index in [-0.39, 0.29) is 0 Å². The molecule has 0 spiro atoms. The number of hydrogen-bond donors (Lipinski definition) is 0. The van der Waals surface area contributed by atoms with E-state index in [1.165, 1.54) is 18.1 Å². The van der Waals surface area contributed by atoms with Gasteiger partial charge in [-0.3, -0.25) is 0 Å². The van der Waals surface area contributed by atoms with Gasteiger partial charge in [-0.05, 0) is 49.0 Å². The molecule has 0 aliphatic heterocycles. The van der Waals surface area contributed by atoms with E-state index in [0.717, 1.165) is 22.0 Å². The van der Waals surface area contributed by atoms with Crippen LogP contribution in [0.4, 0.5) is 0 Å². The van der Waals surface area contributed by atoms with Gasteiger partial charge in [-0.25, -0.2) is 4.98 Å². The molecule has 24 heavy (non-hydrogen) atoms. The van der Waals surface area contributed by atoms with E-state index in [1.54, 1.807) is 11.6 Å². The number of aryl methyl sites for hydroxylation is 1. The Morgan fingerprint density at radius 2 is 2.00 bits per heavy atom. The van der Waals surface area contributed by atoms with E-state index in [4.69, 9.17) is 9.15 Å². The molecule has 0 aliphatic carbocycles. The second-order valence-corrected chi connectivity index (χ2v) is 5.88. The van der Waals surface area contributed by atoms with Gasteiger partial charge in [0.1, 0.15) is 17.1 Å². The summed E-state index contributed by atoms with van der Waals surface area (Å²) in [7, 11) is 1.62. The topological polar surface area (TPSA) is 91.2 Å². The van der Waals surface area contributed by atoms with Crippen molar-refractivity contribution in [1.29, 1.82) is 0 Å². The fraction of sp³-hybridized carbons (Fsp3) is 0.133. The highest BCUT2D eigenvalue weighted by Crippen LogP contribution is 2.29. The zero-order valence-electron chi connectivity index (χ0n) is 12.9. The zero-order chi connectivity index (χ0) is 16.5. The molecule has 9 heteroatoms. The fourth-order valence-corrected chi connectivity index (χ4v) is 2.99. The predicted octanol–water partition coefficient (Wildman–Crippen LogP) is 2.64. The summed E-state index contributed by atoms with van der Waals surface area (Å²) in [6.07, 6.45) is 1.46. The number of rotatable bonds is 4. The van der Waals surface area contributed by atoms with Crippen molar-refractivity contribution in [3.05, 3.63) is 42.4 Å². The number of benzene rings is 1. The van der Waals surface area contributed by atoms with Crippen molar-refractivity contribution in [3.8, 4) is 17.2 Å². The van der Waals surface area contributed by atoms with E-state index in [0.29, 0.717) is 16.9 Å². The average Bonchev–Trinajstić information content (AvgIpc) is 3.24. The Hall–Kier alpha value is -2.94. The molecule has 1 aromatic carbocycles. The summed E-state index contributed by atoms with van der Waals surface area (Å²) in [5.74, 6) is 1.75. The number of methoxy groups -OCH3 is 1. The van der Waals surface area contributed by atoms with E-state index >= 15 is 0 Å². The lowest BCUT2D eigenvalue weighted by Gasteiger charge is -2.01. The molecule has 0 atom stereocenters. The van der Waals surface area contributed by atoms with Gasteiger partial charge in [-0.15, -0.1) is 10.2 Å². The first-order valence-electron chi connectivity index (χ1n) is 7.06. The number of hydrogen-bond acceptors (Lipinski definition) is 8. The second-order valence-electron chi connectivity index (χ2n) is 4.91. The van der Waals surface area contributed by atoms with Gasteiger partial charge in [0.05, 0.1) is 7.11 Å². The molecule has 0 unspecified atom stereocenters. The van der Waals surface area contributed by atoms with Gasteiger partial charge in [0.2, 0.25) is 5.89 Å². The summed E-state index contributed by atoms with van der Waals surface area (Å²) in [4.78, 5) is 8.40. The minimum absolute atomic E-state index is 0.420. The molecule has 0 fully saturated rings. The van der Waals surface area contributed by atoms with Crippen molar-refractivity contribution in [2.75, 3.05) is 7.11 Å². The molecule has 0 aliphatic rings. The molecule has 4 rings (SSSR count). The van der Waals surface area contributed by atoms with Crippen molar-refractivity contribution < 1.29 is 9.15 Å². The van der Waals surface area contributed by atoms with Gasteiger partial charge in [0.25, 0.3) is 11.0 Å². The van der Waals surface area contributed by atoms with Crippen LogP contribution in [-0.4, -0.2) is 36.9 Å². The molecular weight excluding hydrogens is 328 g/mol. The molecule has 0 radical (unpaired) electrons. The zero-order valence-corrected chi connectivity index (χ0v) is 13.7. The van der Waals surface area contributed by atoms with Crippen molar-refractivity contribution in [2.24, 2.45) is 0 Å². The lowest BCUT2D eigenvalue weighted by atomic mass is 10.2. The van der Waals surface area contributed by atoms with Crippen LogP contribution in [0.1, 0.15) is 5.69 Å². The van der Waals surface area contributed by atoms with Crippen LogP contribution in [0.5, 0.6) is 5.75 Å². The largest absolute Gasteiger partial charge is 0.497 e. The fourth-order valence-electron chi connectivity index (χ4n) is 2.16. The molecule has 3 aromatic heterocycles. The molecular formula is C15H12N6O2S. The summed E-state index contributed by atoms with van der Waals surface area (Å²) in [5.41, 5.74) is 1.67. The highest BCUT2D eigenvalue weighted by molar-refractivity contribution is 7.99. The summed E-state index contributed by atoms with van der Waals surface area (Å²) < 4.78 is 12.5. The number of fused-ring (bicyclic) bond motifs is 1. The lowest BCUT2D eigenvalue weighted by molar-refractivity contribution is 0.414. The monoisotopic (exact) mass is 340 g/mol. The van der Waals surface area contributed by atoms with E-state index in [9.17, 15) is 0 Å². The number of ether oxygens (including phenoxy) is 1. The third-order valence-electron chi connectivity index (χ3n) is 3.28. The average molecular weight is 340 g/mol. The molecule has 0 amide bonds. The number of nitrogens with zero attached hydrogens (tertiary/aromatic N) is 6. The van der Waals surface area contributed by atoms with Crippen LogP contribution < -0.4 is 4.74 Å². The van der Waals surface area contributed by atoms with Crippen LogP contribution in [0.2, 0.25) is 0 Å². The summed E-state index contributed by atoms with van der Waals surface area (Å²) in [6.45, 7) is 1.90. The van der Waals surface area contributed by atoms with E-state index < -0.39 is 0 Å². The second kappa shape index (κ2) is 5.93. The first-order chi connectivity index (χ1) is 11.7. The molecule has 0 N–H and O–H groups in total. The molecule has 8 nitrogen and oxygen atoms in total. The Labute approximate surface area is 140 Å². The first kappa shape index (κ1) is 14.6. The summed E-state index contributed by atoms with van der Waals surface area (Å²) in [6, 6.07) is 9.32. The minimum atomic E-state index is 0.420. The third-order valence-corrected chi connectivity index (χ3v) is 4.12. The van der Waals surface area contributed by atoms with Crippen LogP contribution in [0.25, 0.3) is 17.2 Å². The van der Waals surface area contributed by atoms with Gasteiger partial charge in [-0.2, -0.15) is 14.6 Å². The molecule has 0 saturated heterocycles. The van der Waals surface area contributed by atoms with Crippen LogP contribution in [0.15, 0.2) is 51.3 Å². The van der Waals surface area contributed by atoms with Crippen LogP contribution in [0, 0.1) is 6.92 Å². The predicted molar refractivity (Wildman–Crippen MR) is 85.9 cm³/mol. The third kappa shape index (κ3) is 2.69. The summed E-state index contributed by atoms with van der Waals surface area (Å²) >= 11 is 1.31. The maximum Gasteiger partial charge on any atom is 0.283 e. The Balaban J connectivity index is 1.63. The highest BCUT2D eigenvalue weighted by Gasteiger charge is 2.13. The molecule has 120 valence electrons. The minimum Gasteiger partial charge on any atom is -0.497 e. The van der Waals surface area contributed by atoms with Gasteiger partial charge < -0.3 is 9.15 Å². The molecule has 3 heterocycles. The Morgan fingerprint density at radius 3 is 2.79 bits per heavy atom. The molecule has 4 aromatic rings. The summed E-state index contributed by atoms with van der Waals surface area (Å²) in [5, 5.41) is 13.6. The van der Waals surface area contributed by atoms with Crippen LogP contribution in [0.3, 0.4) is 0 Å². The Morgan fingerprint density at radius 1 is 1.17 bits per heavy atom. The van der Waals surface area contributed by atoms with Crippen molar-refractivity contribution in [3.63, 3.8) is 0 Å². The Kier molecular flexibility index (Phi) is 3.62.